The third kappa shape index (κ3) is 2.66. The van der Waals surface area contributed by atoms with Gasteiger partial charge in [0.05, 0.1) is 11.3 Å². The van der Waals surface area contributed by atoms with Crippen molar-refractivity contribution in [2.45, 2.75) is 39.0 Å². The molecule has 0 aliphatic heterocycles. The van der Waals surface area contributed by atoms with Gasteiger partial charge in [-0.3, -0.25) is 9.48 Å². The molecule has 1 aliphatic rings. The minimum Gasteiger partial charge on any atom is -0.306 e. The molecule has 0 unspecified atom stereocenters. The van der Waals surface area contributed by atoms with E-state index >= 15 is 0 Å². The third-order valence-electron chi connectivity index (χ3n) is 3.81. The van der Waals surface area contributed by atoms with Crippen LogP contribution in [0.1, 0.15) is 53.1 Å². The number of nitrogens with zero attached hydrogens (tertiary/aromatic N) is 4. The van der Waals surface area contributed by atoms with Crippen LogP contribution in [0, 0.1) is 6.92 Å². The highest BCUT2D eigenvalue weighted by atomic mass is 16.1. The van der Waals surface area contributed by atoms with Gasteiger partial charge >= 0.3 is 0 Å². The molecule has 3 rings (SSSR count). The number of amides is 1. The highest BCUT2D eigenvalue weighted by molar-refractivity contribution is 6.03. The number of hydrogen-bond acceptors (Lipinski definition) is 4. The van der Waals surface area contributed by atoms with Gasteiger partial charge in [-0.25, -0.2) is 9.97 Å². The molecule has 0 spiro atoms. The van der Waals surface area contributed by atoms with Crippen molar-refractivity contribution in [2.24, 2.45) is 7.05 Å². The standard InChI is InChI=1S/C15H19N5O/c1-4-12-9(2)19-20(3)14(12)18-15(21)11-7-16-13(17-8-11)10-5-6-10/h7-8,10H,4-6H2,1-3H3,(H,18,21). The van der Waals surface area contributed by atoms with Crippen molar-refractivity contribution in [1.29, 1.82) is 0 Å². The van der Waals surface area contributed by atoms with E-state index in [1.165, 1.54) is 0 Å². The van der Waals surface area contributed by atoms with Crippen LogP contribution in [0.2, 0.25) is 0 Å². The molecule has 0 bridgehead atoms. The fourth-order valence-corrected chi connectivity index (χ4v) is 2.47. The number of hydrogen-bond donors (Lipinski definition) is 1. The van der Waals surface area contributed by atoms with Crippen LogP contribution >= 0.6 is 0 Å². The highest BCUT2D eigenvalue weighted by Crippen LogP contribution is 2.37. The Morgan fingerprint density at radius 2 is 2.05 bits per heavy atom. The molecule has 0 atom stereocenters. The van der Waals surface area contributed by atoms with E-state index in [-0.39, 0.29) is 5.91 Å². The summed E-state index contributed by atoms with van der Waals surface area (Å²) in [6.45, 7) is 4.00. The van der Waals surface area contributed by atoms with E-state index in [1.807, 2.05) is 20.9 Å². The van der Waals surface area contributed by atoms with Crippen molar-refractivity contribution >= 4 is 11.7 Å². The second-order valence-electron chi connectivity index (χ2n) is 5.45. The highest BCUT2D eigenvalue weighted by Gasteiger charge is 2.26. The molecule has 110 valence electrons. The molecule has 1 aliphatic carbocycles. The zero-order valence-corrected chi connectivity index (χ0v) is 12.6. The molecule has 2 aromatic heterocycles. The maximum atomic E-state index is 12.3. The predicted molar refractivity (Wildman–Crippen MR) is 79.3 cm³/mol. The van der Waals surface area contributed by atoms with Crippen molar-refractivity contribution in [2.75, 3.05) is 5.32 Å². The van der Waals surface area contributed by atoms with Crippen LogP contribution in [0.5, 0.6) is 0 Å². The zero-order valence-electron chi connectivity index (χ0n) is 12.6. The number of rotatable bonds is 4. The average Bonchev–Trinajstić information content (AvgIpc) is 3.27. The van der Waals surface area contributed by atoms with Crippen LogP contribution in [0.15, 0.2) is 12.4 Å². The van der Waals surface area contributed by atoms with E-state index in [9.17, 15) is 4.79 Å². The molecule has 0 saturated heterocycles. The molecule has 1 saturated carbocycles. The lowest BCUT2D eigenvalue weighted by Gasteiger charge is -2.07. The van der Waals surface area contributed by atoms with Gasteiger partial charge < -0.3 is 5.32 Å². The molecule has 6 heteroatoms. The van der Waals surface area contributed by atoms with Gasteiger partial charge in [-0.2, -0.15) is 5.10 Å². The van der Waals surface area contributed by atoms with Gasteiger partial charge in [-0.1, -0.05) is 6.92 Å². The Morgan fingerprint density at radius 3 is 2.62 bits per heavy atom. The first-order chi connectivity index (χ1) is 10.1. The summed E-state index contributed by atoms with van der Waals surface area (Å²) in [7, 11) is 1.83. The topological polar surface area (TPSA) is 72.7 Å². The molecule has 1 amide bonds. The van der Waals surface area contributed by atoms with E-state index in [0.29, 0.717) is 11.5 Å². The monoisotopic (exact) mass is 285 g/mol. The molecule has 2 heterocycles. The van der Waals surface area contributed by atoms with Crippen molar-refractivity contribution in [3.63, 3.8) is 0 Å². The Kier molecular flexibility index (Phi) is 3.45. The number of aryl methyl sites for hydroxylation is 2. The smallest absolute Gasteiger partial charge is 0.259 e. The van der Waals surface area contributed by atoms with Crippen molar-refractivity contribution in [1.82, 2.24) is 19.7 Å². The lowest BCUT2D eigenvalue weighted by molar-refractivity contribution is 0.102. The summed E-state index contributed by atoms with van der Waals surface area (Å²) in [4.78, 5) is 20.9. The number of carbonyl (C=O) groups excluding carboxylic acids is 1. The Labute approximate surface area is 123 Å². The van der Waals surface area contributed by atoms with Crippen LogP contribution in [0.25, 0.3) is 0 Å². The van der Waals surface area contributed by atoms with E-state index in [0.717, 1.165) is 42.2 Å². The molecule has 6 nitrogen and oxygen atoms in total. The van der Waals surface area contributed by atoms with Gasteiger partial charge in [0, 0.05) is 30.9 Å². The van der Waals surface area contributed by atoms with Crippen LogP contribution in [0.4, 0.5) is 5.82 Å². The van der Waals surface area contributed by atoms with Gasteiger partial charge in [0.2, 0.25) is 0 Å². The molecule has 0 aromatic carbocycles. The van der Waals surface area contributed by atoms with Gasteiger partial charge in [-0.15, -0.1) is 0 Å². The first-order valence-corrected chi connectivity index (χ1v) is 7.26. The van der Waals surface area contributed by atoms with Gasteiger partial charge in [0.25, 0.3) is 5.91 Å². The molecular weight excluding hydrogens is 266 g/mol. The van der Waals surface area contributed by atoms with Crippen molar-refractivity contribution in [3.8, 4) is 0 Å². The maximum Gasteiger partial charge on any atom is 0.259 e. The lowest BCUT2D eigenvalue weighted by atomic mass is 10.2. The molecule has 1 fully saturated rings. The maximum absolute atomic E-state index is 12.3. The number of nitrogens with one attached hydrogen (secondary N) is 1. The summed E-state index contributed by atoms with van der Waals surface area (Å²) < 4.78 is 1.70. The van der Waals surface area contributed by atoms with Crippen LogP contribution < -0.4 is 5.32 Å². The molecular formula is C15H19N5O. The lowest BCUT2D eigenvalue weighted by Crippen LogP contribution is -2.16. The van der Waals surface area contributed by atoms with E-state index in [1.54, 1.807) is 17.1 Å². The summed E-state index contributed by atoms with van der Waals surface area (Å²) >= 11 is 0. The Balaban J connectivity index is 1.79. The molecule has 1 N–H and O–H groups in total. The fraction of sp³-hybridized carbons (Fsp3) is 0.467. The molecule has 0 radical (unpaired) electrons. The average molecular weight is 285 g/mol. The zero-order chi connectivity index (χ0) is 15.0. The van der Waals surface area contributed by atoms with Crippen molar-refractivity contribution in [3.05, 3.63) is 35.0 Å². The van der Waals surface area contributed by atoms with Crippen LogP contribution in [-0.4, -0.2) is 25.7 Å². The molecule has 21 heavy (non-hydrogen) atoms. The number of anilines is 1. The van der Waals surface area contributed by atoms with Crippen molar-refractivity contribution < 1.29 is 4.79 Å². The van der Waals surface area contributed by atoms with E-state index in [4.69, 9.17) is 0 Å². The quantitative estimate of drug-likeness (QED) is 0.934. The second-order valence-corrected chi connectivity index (χ2v) is 5.45. The summed E-state index contributed by atoms with van der Waals surface area (Å²) in [5.41, 5.74) is 2.47. The minimum atomic E-state index is -0.199. The number of aromatic nitrogens is 4. The third-order valence-corrected chi connectivity index (χ3v) is 3.81. The summed E-state index contributed by atoms with van der Waals surface area (Å²) in [5.74, 6) is 1.88. The van der Waals surface area contributed by atoms with Crippen LogP contribution in [0.3, 0.4) is 0 Å². The number of carbonyl (C=O) groups is 1. The van der Waals surface area contributed by atoms with Crippen LogP contribution in [-0.2, 0) is 13.5 Å². The van der Waals surface area contributed by atoms with Gasteiger partial charge in [0.1, 0.15) is 11.6 Å². The summed E-state index contributed by atoms with van der Waals surface area (Å²) in [6.07, 6.45) is 6.33. The first-order valence-electron chi connectivity index (χ1n) is 7.26. The summed E-state index contributed by atoms with van der Waals surface area (Å²) in [6, 6.07) is 0. The SMILES string of the molecule is CCc1c(C)nn(C)c1NC(=O)c1cnc(C2CC2)nc1. The van der Waals surface area contributed by atoms with Gasteiger partial charge in [-0.05, 0) is 26.2 Å². The van der Waals surface area contributed by atoms with Gasteiger partial charge in [0.15, 0.2) is 0 Å². The minimum absolute atomic E-state index is 0.199. The normalized spacial score (nSPS) is 14.2. The largest absolute Gasteiger partial charge is 0.306 e. The van der Waals surface area contributed by atoms with E-state index in [2.05, 4.69) is 20.4 Å². The summed E-state index contributed by atoms with van der Waals surface area (Å²) in [5, 5.41) is 7.26. The fourth-order valence-electron chi connectivity index (χ4n) is 2.47. The Morgan fingerprint density at radius 1 is 1.38 bits per heavy atom. The Bertz CT molecular complexity index is 670. The Hall–Kier alpha value is -2.24. The first kappa shape index (κ1) is 13.7. The molecule has 2 aromatic rings. The second kappa shape index (κ2) is 5.27. The predicted octanol–water partition coefficient (Wildman–Crippen LogP) is 2.21. The van der Waals surface area contributed by atoms with E-state index < -0.39 is 0 Å².